The lowest BCUT2D eigenvalue weighted by molar-refractivity contribution is 0.886. The molecule has 0 aromatic heterocycles. The van der Waals surface area contributed by atoms with Gasteiger partial charge in [0.2, 0.25) is 0 Å². The van der Waals surface area contributed by atoms with E-state index < -0.39 is 0 Å². The molecule has 0 radical (unpaired) electrons. The van der Waals surface area contributed by atoms with E-state index in [2.05, 4.69) is 52.0 Å². The van der Waals surface area contributed by atoms with Gasteiger partial charge in [0.15, 0.2) is 0 Å². The van der Waals surface area contributed by atoms with Crippen molar-refractivity contribution >= 4 is 0 Å². The summed E-state index contributed by atoms with van der Waals surface area (Å²) in [5.74, 6) is 0. The lowest BCUT2D eigenvalue weighted by Crippen LogP contribution is -1.74. The second-order valence-electron chi connectivity index (χ2n) is 3.08. The molecule has 0 saturated heterocycles. The maximum atomic E-state index is 2.18. The molecule has 1 aromatic rings. The lowest BCUT2D eigenvalue weighted by Gasteiger charge is -1.93. The van der Waals surface area contributed by atoms with Gasteiger partial charge in [-0.15, -0.1) is 0 Å². The molecular weight excluding hydrogens is 192 g/mol. The topological polar surface area (TPSA) is 0 Å². The minimum absolute atomic E-state index is 1.32. The summed E-state index contributed by atoms with van der Waals surface area (Å²) < 4.78 is 0. The molecule has 1 rings (SSSR count). The van der Waals surface area contributed by atoms with Crippen LogP contribution in [0.4, 0.5) is 0 Å². The van der Waals surface area contributed by atoms with Gasteiger partial charge in [-0.2, -0.15) is 0 Å². The summed E-state index contributed by atoms with van der Waals surface area (Å²) in [7, 11) is 0. The maximum absolute atomic E-state index is 2.18. The van der Waals surface area contributed by atoms with Crippen molar-refractivity contribution in [2.45, 2.75) is 68.2 Å². The minimum Gasteiger partial charge on any atom is -0.0683 e. The van der Waals surface area contributed by atoms with Crippen LogP contribution in [-0.4, -0.2) is 0 Å². The van der Waals surface area contributed by atoms with Crippen LogP contribution >= 0.6 is 0 Å². The van der Waals surface area contributed by atoms with Crippen LogP contribution in [0.25, 0.3) is 0 Å². The van der Waals surface area contributed by atoms with Crippen LogP contribution < -0.4 is 0 Å². The maximum Gasteiger partial charge on any atom is -0.0395 e. The first kappa shape index (κ1) is 20.6. The molecule has 0 bridgehead atoms. The SMILES string of the molecule is CC.CC.CCCC.Cc1ccccc1C. The zero-order valence-electron chi connectivity index (χ0n) is 12.7. The Labute approximate surface area is 104 Å². The number of benzene rings is 1. The number of hydrogen-bond donors (Lipinski definition) is 0. The molecule has 0 aliphatic carbocycles. The molecule has 0 heteroatoms. The molecule has 0 unspecified atom stereocenters. The van der Waals surface area contributed by atoms with Crippen molar-refractivity contribution in [2.24, 2.45) is 0 Å². The number of rotatable bonds is 1. The van der Waals surface area contributed by atoms with Gasteiger partial charge in [-0.05, 0) is 25.0 Å². The van der Waals surface area contributed by atoms with Crippen LogP contribution in [0.2, 0.25) is 0 Å². The fourth-order valence-corrected chi connectivity index (χ4v) is 0.663. The molecule has 1 aromatic carbocycles. The Morgan fingerprint density at radius 3 is 1.06 bits per heavy atom. The molecule has 96 valence electrons. The molecule has 0 nitrogen and oxygen atoms in total. The summed E-state index contributed by atoms with van der Waals surface area (Å²) in [4.78, 5) is 0. The molecule has 0 fully saturated rings. The first-order chi connectivity index (χ1) is 7.72. The predicted octanol–water partition coefficient (Wildman–Crippen LogP) is 6.16. The van der Waals surface area contributed by atoms with E-state index in [1.807, 2.05) is 27.7 Å². The Bertz CT molecular complexity index is 178. The average molecular weight is 224 g/mol. The molecule has 0 N–H and O–H groups in total. The molecular formula is C16H32. The van der Waals surface area contributed by atoms with Crippen LogP contribution in [0, 0.1) is 13.8 Å². The fourth-order valence-electron chi connectivity index (χ4n) is 0.663. The van der Waals surface area contributed by atoms with Crippen molar-refractivity contribution in [3.63, 3.8) is 0 Å². The Hall–Kier alpha value is -0.780. The third kappa shape index (κ3) is 15.7. The summed E-state index contributed by atoms with van der Waals surface area (Å²) in [6.45, 7) is 16.6. The highest BCUT2D eigenvalue weighted by atomic mass is 13.9. The van der Waals surface area contributed by atoms with E-state index in [-0.39, 0.29) is 0 Å². The van der Waals surface area contributed by atoms with E-state index in [9.17, 15) is 0 Å². The first-order valence-corrected chi connectivity index (χ1v) is 6.74. The Morgan fingerprint density at radius 2 is 0.938 bits per heavy atom. The molecule has 0 atom stereocenters. The average Bonchev–Trinajstić information content (AvgIpc) is 2.38. The zero-order valence-corrected chi connectivity index (χ0v) is 12.7. The zero-order chi connectivity index (χ0) is 13.4. The van der Waals surface area contributed by atoms with Gasteiger partial charge in [0.05, 0.1) is 0 Å². The smallest absolute Gasteiger partial charge is 0.0395 e. The quantitative estimate of drug-likeness (QED) is 0.535. The van der Waals surface area contributed by atoms with Crippen LogP contribution in [0.1, 0.15) is 65.5 Å². The molecule has 0 aliphatic heterocycles. The van der Waals surface area contributed by atoms with E-state index in [4.69, 9.17) is 0 Å². The molecule has 0 saturated carbocycles. The summed E-state index contributed by atoms with van der Waals surface area (Å²) in [5, 5.41) is 0. The Balaban J connectivity index is -0.000000181. The van der Waals surface area contributed by atoms with Crippen LogP contribution in [0.15, 0.2) is 24.3 Å². The van der Waals surface area contributed by atoms with Crippen LogP contribution in [0.5, 0.6) is 0 Å². The van der Waals surface area contributed by atoms with Gasteiger partial charge in [0.25, 0.3) is 0 Å². The van der Waals surface area contributed by atoms with Gasteiger partial charge in [-0.25, -0.2) is 0 Å². The van der Waals surface area contributed by atoms with Crippen molar-refractivity contribution in [3.8, 4) is 0 Å². The normalized spacial score (nSPS) is 7.25. The molecule has 0 heterocycles. The summed E-state index contributed by atoms with van der Waals surface area (Å²) in [6, 6.07) is 8.36. The largest absolute Gasteiger partial charge is 0.0683 e. The van der Waals surface area contributed by atoms with Crippen molar-refractivity contribution in [1.29, 1.82) is 0 Å². The standard InChI is InChI=1S/C8H10.C4H10.2C2H6/c1-7-5-3-4-6-8(7)2;1-3-4-2;2*1-2/h3-6H,1-2H3;3-4H2,1-2H3;2*1-2H3. The van der Waals surface area contributed by atoms with Crippen LogP contribution in [-0.2, 0) is 0 Å². The van der Waals surface area contributed by atoms with E-state index >= 15 is 0 Å². The van der Waals surface area contributed by atoms with Gasteiger partial charge in [0, 0.05) is 0 Å². The molecule has 16 heavy (non-hydrogen) atoms. The van der Waals surface area contributed by atoms with Gasteiger partial charge in [-0.3, -0.25) is 0 Å². The van der Waals surface area contributed by atoms with Crippen molar-refractivity contribution in [2.75, 3.05) is 0 Å². The highest BCUT2D eigenvalue weighted by molar-refractivity contribution is 5.23. The number of hydrogen-bond acceptors (Lipinski definition) is 0. The lowest BCUT2D eigenvalue weighted by atomic mass is 10.1. The van der Waals surface area contributed by atoms with E-state index in [0.29, 0.717) is 0 Å². The Morgan fingerprint density at radius 1 is 0.688 bits per heavy atom. The number of aryl methyl sites for hydroxylation is 2. The van der Waals surface area contributed by atoms with Gasteiger partial charge in [-0.1, -0.05) is 78.6 Å². The van der Waals surface area contributed by atoms with Gasteiger partial charge in [0.1, 0.15) is 0 Å². The van der Waals surface area contributed by atoms with E-state index in [0.717, 1.165) is 0 Å². The Kier molecular flexibility index (Phi) is 25.4. The predicted molar refractivity (Wildman–Crippen MR) is 79.2 cm³/mol. The highest BCUT2D eigenvalue weighted by Gasteiger charge is 1.83. The second-order valence-corrected chi connectivity index (χ2v) is 3.08. The third-order valence-corrected chi connectivity index (χ3v) is 1.93. The highest BCUT2D eigenvalue weighted by Crippen LogP contribution is 2.02. The summed E-state index contributed by atoms with van der Waals surface area (Å²) in [6.07, 6.45) is 2.64. The third-order valence-electron chi connectivity index (χ3n) is 1.93. The fraction of sp³-hybridized carbons (Fsp3) is 0.625. The van der Waals surface area contributed by atoms with Crippen molar-refractivity contribution in [1.82, 2.24) is 0 Å². The summed E-state index contributed by atoms with van der Waals surface area (Å²) >= 11 is 0. The van der Waals surface area contributed by atoms with Crippen molar-refractivity contribution < 1.29 is 0 Å². The second kappa shape index (κ2) is 19.7. The van der Waals surface area contributed by atoms with Crippen LogP contribution in [0.3, 0.4) is 0 Å². The molecule has 0 amide bonds. The van der Waals surface area contributed by atoms with Gasteiger partial charge >= 0.3 is 0 Å². The summed E-state index contributed by atoms with van der Waals surface area (Å²) in [5.41, 5.74) is 2.74. The van der Waals surface area contributed by atoms with E-state index in [1.54, 1.807) is 0 Å². The minimum atomic E-state index is 1.32. The molecule has 0 aliphatic rings. The number of unbranched alkanes of at least 4 members (excludes halogenated alkanes) is 1. The molecule has 0 spiro atoms. The van der Waals surface area contributed by atoms with Crippen molar-refractivity contribution in [3.05, 3.63) is 35.4 Å². The van der Waals surface area contributed by atoms with Gasteiger partial charge < -0.3 is 0 Å². The first-order valence-electron chi connectivity index (χ1n) is 6.74. The van der Waals surface area contributed by atoms with E-state index in [1.165, 1.54) is 24.0 Å². The monoisotopic (exact) mass is 224 g/mol.